The number of nitrogens with zero attached hydrogens (tertiary/aromatic N) is 1. The molecule has 158 valence electrons. The zero-order valence-electron chi connectivity index (χ0n) is 18.0. The van der Waals surface area contributed by atoms with Crippen LogP contribution in [-0.4, -0.2) is 34.2 Å². The topological polar surface area (TPSA) is 52.6 Å². The van der Waals surface area contributed by atoms with Gasteiger partial charge in [0.25, 0.3) is 0 Å². The molecule has 3 aliphatic rings. The molecule has 4 heteroatoms. The van der Waals surface area contributed by atoms with Gasteiger partial charge in [-0.25, -0.2) is 4.79 Å². The molecule has 0 bridgehead atoms. The maximum atomic E-state index is 12.8. The van der Waals surface area contributed by atoms with Crippen molar-refractivity contribution in [2.24, 2.45) is 5.41 Å². The average molecular weight is 405 g/mol. The van der Waals surface area contributed by atoms with E-state index in [9.17, 15) is 9.90 Å². The van der Waals surface area contributed by atoms with Crippen molar-refractivity contribution in [1.29, 1.82) is 0 Å². The van der Waals surface area contributed by atoms with Crippen LogP contribution < -0.4 is 5.32 Å². The van der Waals surface area contributed by atoms with Crippen LogP contribution in [0, 0.1) is 5.41 Å². The second-order valence-corrected chi connectivity index (χ2v) is 9.32. The molecule has 1 amide bonds. The van der Waals surface area contributed by atoms with Crippen LogP contribution in [0.3, 0.4) is 0 Å². The molecule has 2 heterocycles. The highest BCUT2D eigenvalue weighted by Crippen LogP contribution is 2.68. The summed E-state index contributed by atoms with van der Waals surface area (Å²) >= 11 is 0. The van der Waals surface area contributed by atoms with Crippen molar-refractivity contribution < 1.29 is 9.90 Å². The fourth-order valence-electron chi connectivity index (χ4n) is 7.68. The minimum Gasteiger partial charge on any atom is -0.465 e. The quantitative estimate of drug-likeness (QED) is 0.689. The average Bonchev–Trinajstić information content (AvgIpc) is 3.24. The summed E-state index contributed by atoms with van der Waals surface area (Å²) in [6.07, 6.45) is 5.12. The Bertz CT molecular complexity index is 939. The highest BCUT2D eigenvalue weighted by atomic mass is 16.4. The van der Waals surface area contributed by atoms with Gasteiger partial charge in [-0.3, -0.25) is 0 Å². The molecule has 1 saturated heterocycles. The van der Waals surface area contributed by atoms with Crippen molar-refractivity contribution in [1.82, 2.24) is 4.90 Å². The largest absolute Gasteiger partial charge is 0.465 e. The lowest BCUT2D eigenvalue weighted by Gasteiger charge is -2.52. The Morgan fingerprint density at radius 1 is 1.07 bits per heavy atom. The van der Waals surface area contributed by atoms with Crippen LogP contribution in [0.1, 0.15) is 57.1 Å². The molecular weight excluding hydrogens is 372 g/mol. The lowest BCUT2D eigenvalue weighted by Crippen LogP contribution is -2.59. The van der Waals surface area contributed by atoms with Gasteiger partial charge in [-0.2, -0.15) is 0 Å². The number of fused-ring (bicyclic) bond motifs is 1. The highest BCUT2D eigenvalue weighted by Gasteiger charge is 2.73. The minimum absolute atomic E-state index is 0.0223. The van der Waals surface area contributed by atoms with Gasteiger partial charge < -0.3 is 15.3 Å². The first kappa shape index (κ1) is 19.5. The lowest BCUT2D eigenvalue weighted by molar-refractivity contribution is 0.0769. The van der Waals surface area contributed by atoms with Gasteiger partial charge in [0.15, 0.2) is 0 Å². The zero-order chi connectivity index (χ0) is 20.9. The molecule has 1 spiro atoms. The summed E-state index contributed by atoms with van der Waals surface area (Å²) in [5.41, 5.74) is 3.53. The van der Waals surface area contributed by atoms with Gasteiger partial charge in [0, 0.05) is 34.6 Å². The van der Waals surface area contributed by atoms with E-state index in [0.717, 1.165) is 38.5 Å². The maximum Gasteiger partial charge on any atom is 0.407 e. The predicted octanol–water partition coefficient (Wildman–Crippen LogP) is 5.68. The number of anilines is 1. The maximum absolute atomic E-state index is 12.8. The number of hydrogen-bond donors (Lipinski definition) is 2. The Hall–Kier alpha value is -2.49. The summed E-state index contributed by atoms with van der Waals surface area (Å²) < 4.78 is 0. The number of amides is 1. The molecule has 4 atom stereocenters. The SMILES string of the molecule is CCC1(CC)C(Cc2ccccc2)N(C(=O)O)C2CCCC3Nc4ccccc4C321. The van der Waals surface area contributed by atoms with Crippen molar-refractivity contribution >= 4 is 11.8 Å². The number of benzene rings is 2. The second-order valence-electron chi connectivity index (χ2n) is 9.32. The van der Waals surface area contributed by atoms with Crippen LogP contribution in [0.15, 0.2) is 54.6 Å². The number of likely N-dealkylation sites (tertiary alicyclic amines) is 1. The molecular formula is C26H32N2O2. The Morgan fingerprint density at radius 3 is 2.47 bits per heavy atom. The molecule has 2 aromatic rings. The fourth-order valence-corrected chi connectivity index (χ4v) is 7.68. The summed E-state index contributed by atoms with van der Waals surface area (Å²) in [6, 6.07) is 19.4. The third kappa shape index (κ3) is 2.31. The van der Waals surface area contributed by atoms with E-state index in [0.29, 0.717) is 6.04 Å². The third-order valence-corrected chi connectivity index (χ3v) is 8.64. The van der Waals surface area contributed by atoms with Crippen molar-refractivity contribution in [2.75, 3.05) is 5.32 Å². The van der Waals surface area contributed by atoms with E-state index < -0.39 is 6.09 Å². The first-order chi connectivity index (χ1) is 14.6. The Labute approximate surface area is 179 Å². The van der Waals surface area contributed by atoms with Crippen LogP contribution in [-0.2, 0) is 11.8 Å². The standard InChI is InChI=1S/C26H32N2O2/c1-3-25(4-2)23(17-18-11-6-5-7-12-18)28(24(29)30)22-16-10-15-21-26(22,25)19-13-8-9-14-20(19)27-21/h5-9,11-14,21-23,27H,3-4,10,15-17H2,1-2H3,(H,29,30). The van der Waals surface area contributed by atoms with Crippen LogP contribution in [0.5, 0.6) is 0 Å². The van der Waals surface area contributed by atoms with Crippen molar-refractivity contribution in [2.45, 2.75) is 75.9 Å². The lowest BCUT2D eigenvalue weighted by atomic mass is 9.50. The van der Waals surface area contributed by atoms with E-state index in [2.05, 4.69) is 67.7 Å². The summed E-state index contributed by atoms with van der Waals surface area (Å²) in [4.78, 5) is 14.7. The number of rotatable bonds is 4. The molecule has 1 aliphatic carbocycles. The van der Waals surface area contributed by atoms with Gasteiger partial charge in [0.2, 0.25) is 0 Å². The molecule has 2 fully saturated rings. The second kappa shape index (κ2) is 7.04. The van der Waals surface area contributed by atoms with E-state index in [1.54, 1.807) is 0 Å². The van der Waals surface area contributed by atoms with Crippen molar-refractivity contribution in [3.8, 4) is 0 Å². The first-order valence-electron chi connectivity index (χ1n) is 11.5. The summed E-state index contributed by atoms with van der Waals surface area (Å²) in [5, 5.41) is 14.3. The molecule has 0 aromatic heterocycles. The van der Waals surface area contributed by atoms with Crippen LogP contribution in [0.25, 0.3) is 0 Å². The van der Waals surface area contributed by atoms with E-state index in [-0.39, 0.29) is 22.9 Å². The molecule has 5 rings (SSSR count). The highest BCUT2D eigenvalue weighted by molar-refractivity contribution is 5.72. The monoisotopic (exact) mass is 404 g/mol. The molecule has 4 nitrogen and oxygen atoms in total. The Kier molecular flexibility index (Phi) is 4.57. The molecule has 2 N–H and O–H groups in total. The zero-order valence-corrected chi connectivity index (χ0v) is 18.0. The fraction of sp³-hybridized carbons (Fsp3) is 0.500. The number of para-hydroxylation sites is 1. The Balaban J connectivity index is 1.76. The Morgan fingerprint density at radius 2 is 1.77 bits per heavy atom. The van der Waals surface area contributed by atoms with Gasteiger partial charge in [-0.15, -0.1) is 0 Å². The predicted molar refractivity (Wildman–Crippen MR) is 120 cm³/mol. The van der Waals surface area contributed by atoms with Crippen LogP contribution in [0.4, 0.5) is 10.5 Å². The smallest absolute Gasteiger partial charge is 0.407 e. The number of carboxylic acid groups (broad SMARTS) is 1. The molecule has 2 aliphatic heterocycles. The number of hydrogen-bond acceptors (Lipinski definition) is 2. The third-order valence-electron chi connectivity index (χ3n) is 8.64. The van der Waals surface area contributed by atoms with Crippen molar-refractivity contribution in [3.05, 3.63) is 65.7 Å². The molecule has 2 aromatic carbocycles. The summed E-state index contributed by atoms with van der Waals surface area (Å²) in [5.74, 6) is 0. The van der Waals surface area contributed by atoms with Gasteiger partial charge >= 0.3 is 6.09 Å². The molecule has 0 radical (unpaired) electrons. The van der Waals surface area contributed by atoms with Gasteiger partial charge in [-0.1, -0.05) is 62.4 Å². The first-order valence-corrected chi connectivity index (χ1v) is 11.5. The van der Waals surface area contributed by atoms with Crippen LogP contribution in [0.2, 0.25) is 0 Å². The van der Waals surface area contributed by atoms with E-state index in [1.807, 2.05) is 11.0 Å². The summed E-state index contributed by atoms with van der Waals surface area (Å²) in [6.45, 7) is 4.57. The molecule has 30 heavy (non-hydrogen) atoms. The normalized spacial score (nSPS) is 30.9. The van der Waals surface area contributed by atoms with E-state index >= 15 is 0 Å². The van der Waals surface area contributed by atoms with Gasteiger partial charge in [0.05, 0.1) is 0 Å². The van der Waals surface area contributed by atoms with Gasteiger partial charge in [0.1, 0.15) is 0 Å². The summed E-state index contributed by atoms with van der Waals surface area (Å²) in [7, 11) is 0. The number of carbonyl (C=O) groups is 1. The van der Waals surface area contributed by atoms with Crippen LogP contribution >= 0.6 is 0 Å². The molecule has 1 saturated carbocycles. The van der Waals surface area contributed by atoms with Crippen molar-refractivity contribution in [3.63, 3.8) is 0 Å². The van der Waals surface area contributed by atoms with Gasteiger partial charge in [-0.05, 0) is 55.7 Å². The minimum atomic E-state index is -0.755. The number of nitrogens with one attached hydrogen (secondary N) is 1. The molecule has 4 unspecified atom stereocenters. The van der Waals surface area contributed by atoms with E-state index in [1.165, 1.54) is 16.8 Å². The van der Waals surface area contributed by atoms with E-state index in [4.69, 9.17) is 0 Å².